The molecule has 1 N–H and O–H groups in total. The number of thioether (sulfide) groups is 1. The Labute approximate surface area is 193 Å². The fourth-order valence-corrected chi connectivity index (χ4v) is 4.12. The summed E-state index contributed by atoms with van der Waals surface area (Å²) < 4.78 is 10.6. The van der Waals surface area contributed by atoms with Gasteiger partial charge in [0.15, 0.2) is 11.5 Å². The van der Waals surface area contributed by atoms with E-state index in [1.165, 1.54) is 11.1 Å². The van der Waals surface area contributed by atoms with Crippen LogP contribution in [0.3, 0.4) is 0 Å². The van der Waals surface area contributed by atoms with Gasteiger partial charge in [-0.15, -0.1) is 0 Å². The minimum Gasteiger partial charge on any atom is -0.493 e. The summed E-state index contributed by atoms with van der Waals surface area (Å²) in [6.07, 6.45) is 0.660. The molecule has 0 aliphatic rings. The molecule has 0 bridgehead atoms. The van der Waals surface area contributed by atoms with E-state index in [1.807, 2.05) is 67.2 Å². The van der Waals surface area contributed by atoms with E-state index in [-0.39, 0.29) is 5.91 Å². The first-order valence-corrected chi connectivity index (χ1v) is 11.6. The first-order chi connectivity index (χ1) is 15.6. The summed E-state index contributed by atoms with van der Waals surface area (Å²) in [5.74, 6) is 2.90. The van der Waals surface area contributed by atoms with Crippen LogP contribution in [0.2, 0.25) is 0 Å². The number of carbonyl (C=O) groups is 1. The Morgan fingerprint density at radius 1 is 0.844 bits per heavy atom. The lowest BCUT2D eigenvalue weighted by Crippen LogP contribution is -2.20. The summed E-state index contributed by atoms with van der Waals surface area (Å²) >= 11 is 1.85. The number of amides is 1. The van der Waals surface area contributed by atoms with Gasteiger partial charge in [0.05, 0.1) is 19.9 Å². The lowest BCUT2D eigenvalue weighted by molar-refractivity contribution is 0.0955. The van der Waals surface area contributed by atoms with Gasteiger partial charge in [-0.2, -0.15) is 16.9 Å². The predicted molar refractivity (Wildman–Crippen MR) is 132 cm³/mol. The summed E-state index contributed by atoms with van der Waals surface area (Å²) in [6, 6.07) is 23.7. The molecular weight excluding hydrogens is 420 g/mol. The number of nitrogens with one attached hydrogen (secondary N) is 1. The van der Waals surface area contributed by atoms with Crippen molar-refractivity contribution in [2.75, 3.05) is 14.2 Å². The van der Waals surface area contributed by atoms with Crippen molar-refractivity contribution in [1.82, 2.24) is 5.43 Å². The van der Waals surface area contributed by atoms with Gasteiger partial charge in [-0.25, -0.2) is 5.43 Å². The molecule has 0 heterocycles. The zero-order valence-corrected chi connectivity index (χ0v) is 19.4. The Hall–Kier alpha value is -3.25. The minimum absolute atomic E-state index is 0.236. The third-order valence-corrected chi connectivity index (χ3v) is 6.02. The second-order valence-electron chi connectivity index (χ2n) is 7.10. The molecule has 0 aliphatic heterocycles. The molecule has 5 nitrogen and oxygen atoms in total. The van der Waals surface area contributed by atoms with E-state index in [1.54, 1.807) is 14.2 Å². The lowest BCUT2D eigenvalue weighted by Gasteiger charge is -2.11. The summed E-state index contributed by atoms with van der Waals surface area (Å²) in [7, 11) is 3.19. The highest BCUT2D eigenvalue weighted by Crippen LogP contribution is 2.28. The summed E-state index contributed by atoms with van der Waals surface area (Å²) in [5.41, 5.74) is 7.37. The molecule has 0 radical (unpaired) electrons. The van der Waals surface area contributed by atoms with Gasteiger partial charge in [-0.05, 0) is 47.9 Å². The second kappa shape index (κ2) is 12.0. The Morgan fingerprint density at radius 2 is 1.47 bits per heavy atom. The van der Waals surface area contributed by atoms with E-state index in [0.29, 0.717) is 23.5 Å². The fraction of sp³-hybridized carbons (Fsp3) is 0.231. The molecule has 0 unspecified atom stereocenters. The number of ether oxygens (including phenoxy) is 2. The zero-order chi connectivity index (χ0) is 22.8. The normalized spacial score (nSPS) is 11.2. The van der Waals surface area contributed by atoms with Crippen LogP contribution in [0.15, 0.2) is 77.9 Å². The van der Waals surface area contributed by atoms with Crippen LogP contribution >= 0.6 is 11.8 Å². The lowest BCUT2D eigenvalue weighted by atomic mass is 10.1. The van der Waals surface area contributed by atoms with Gasteiger partial charge in [0.2, 0.25) is 0 Å². The van der Waals surface area contributed by atoms with E-state index in [2.05, 4.69) is 34.8 Å². The van der Waals surface area contributed by atoms with Crippen molar-refractivity contribution in [3.05, 3.63) is 95.1 Å². The molecular formula is C26H28N2O3S. The second-order valence-corrected chi connectivity index (χ2v) is 8.08. The number of nitrogens with zero attached hydrogens (tertiary/aromatic N) is 1. The van der Waals surface area contributed by atoms with E-state index >= 15 is 0 Å². The highest BCUT2D eigenvalue weighted by atomic mass is 32.2. The van der Waals surface area contributed by atoms with Gasteiger partial charge in [-0.1, -0.05) is 49.4 Å². The van der Waals surface area contributed by atoms with E-state index in [0.717, 1.165) is 22.8 Å². The van der Waals surface area contributed by atoms with Crippen LogP contribution in [0.25, 0.3) is 0 Å². The highest BCUT2D eigenvalue weighted by Gasteiger charge is 2.10. The molecule has 0 saturated carbocycles. The van der Waals surface area contributed by atoms with Crippen LogP contribution in [0.1, 0.15) is 40.4 Å². The molecule has 166 valence electrons. The van der Waals surface area contributed by atoms with Gasteiger partial charge in [0, 0.05) is 22.6 Å². The summed E-state index contributed by atoms with van der Waals surface area (Å²) in [4.78, 5) is 12.6. The van der Waals surface area contributed by atoms with E-state index in [9.17, 15) is 4.79 Å². The molecule has 6 heteroatoms. The van der Waals surface area contributed by atoms with Gasteiger partial charge < -0.3 is 9.47 Å². The number of methoxy groups -OCH3 is 2. The molecule has 3 aromatic carbocycles. The number of rotatable bonds is 10. The summed E-state index contributed by atoms with van der Waals surface area (Å²) in [6.45, 7) is 1.99. The van der Waals surface area contributed by atoms with Crippen LogP contribution in [0.5, 0.6) is 11.5 Å². The number of hydrogen-bond acceptors (Lipinski definition) is 5. The van der Waals surface area contributed by atoms with Crippen LogP contribution in [0, 0.1) is 0 Å². The molecule has 3 rings (SSSR count). The van der Waals surface area contributed by atoms with E-state index in [4.69, 9.17) is 9.47 Å². The Morgan fingerprint density at radius 3 is 2.09 bits per heavy atom. The van der Waals surface area contributed by atoms with Crippen molar-refractivity contribution in [2.24, 2.45) is 5.10 Å². The van der Waals surface area contributed by atoms with Gasteiger partial charge in [0.1, 0.15) is 0 Å². The maximum Gasteiger partial charge on any atom is 0.271 e. The number of carbonyl (C=O) groups excluding carboxylic acids is 1. The molecule has 1 amide bonds. The molecule has 3 aromatic rings. The monoisotopic (exact) mass is 448 g/mol. The Balaban J connectivity index is 1.59. The summed E-state index contributed by atoms with van der Waals surface area (Å²) in [5, 5.41) is 4.34. The standard InChI is InChI=1S/C26H28N2O3S/c1-4-23(22-14-15-24(30-2)25(16-22)31-3)27-28-26(29)21-12-10-20(11-13-21)18-32-17-19-8-6-5-7-9-19/h5-16H,4,17-18H2,1-3H3,(H,28,29)/b27-23+. The molecule has 0 spiro atoms. The van der Waals surface area contributed by atoms with Crippen molar-refractivity contribution in [3.8, 4) is 11.5 Å². The smallest absolute Gasteiger partial charge is 0.271 e. The Kier molecular flexibility index (Phi) is 8.75. The first kappa shape index (κ1) is 23.4. The van der Waals surface area contributed by atoms with Crippen LogP contribution in [0.4, 0.5) is 0 Å². The number of benzene rings is 3. The predicted octanol–water partition coefficient (Wildman–Crippen LogP) is 5.68. The number of hydrogen-bond donors (Lipinski definition) is 1. The third kappa shape index (κ3) is 6.37. The maximum absolute atomic E-state index is 12.6. The molecule has 0 atom stereocenters. The topological polar surface area (TPSA) is 59.9 Å². The molecule has 0 aliphatic carbocycles. The van der Waals surface area contributed by atoms with Crippen LogP contribution in [-0.4, -0.2) is 25.8 Å². The average molecular weight is 449 g/mol. The van der Waals surface area contributed by atoms with Gasteiger partial charge in [0.25, 0.3) is 5.91 Å². The van der Waals surface area contributed by atoms with Gasteiger partial charge >= 0.3 is 0 Å². The first-order valence-electron chi connectivity index (χ1n) is 10.4. The average Bonchev–Trinajstić information content (AvgIpc) is 2.85. The molecule has 32 heavy (non-hydrogen) atoms. The number of hydrazone groups is 1. The van der Waals surface area contributed by atoms with Crippen molar-refractivity contribution in [2.45, 2.75) is 24.9 Å². The van der Waals surface area contributed by atoms with Crippen molar-refractivity contribution >= 4 is 23.4 Å². The van der Waals surface area contributed by atoms with Crippen LogP contribution < -0.4 is 14.9 Å². The highest BCUT2D eigenvalue weighted by molar-refractivity contribution is 7.97. The fourth-order valence-electron chi connectivity index (χ4n) is 3.16. The minimum atomic E-state index is -0.236. The third-order valence-electron chi connectivity index (χ3n) is 4.94. The van der Waals surface area contributed by atoms with Crippen molar-refractivity contribution in [3.63, 3.8) is 0 Å². The SMILES string of the molecule is CC/C(=N\NC(=O)c1ccc(CSCc2ccccc2)cc1)c1ccc(OC)c(OC)c1. The van der Waals surface area contributed by atoms with Crippen LogP contribution in [-0.2, 0) is 11.5 Å². The molecule has 0 aromatic heterocycles. The maximum atomic E-state index is 12.6. The van der Waals surface area contributed by atoms with E-state index < -0.39 is 0 Å². The van der Waals surface area contributed by atoms with Crippen molar-refractivity contribution in [1.29, 1.82) is 0 Å². The molecule has 0 saturated heterocycles. The Bertz CT molecular complexity index is 1050. The largest absolute Gasteiger partial charge is 0.493 e. The quantitative estimate of drug-likeness (QED) is 0.320. The zero-order valence-electron chi connectivity index (χ0n) is 18.6. The van der Waals surface area contributed by atoms with Crippen molar-refractivity contribution < 1.29 is 14.3 Å². The molecule has 0 fully saturated rings. The van der Waals surface area contributed by atoms with Gasteiger partial charge in [-0.3, -0.25) is 4.79 Å².